The molecule has 0 aliphatic rings. The van der Waals surface area contributed by atoms with Gasteiger partial charge >= 0.3 is 0 Å². The molecule has 0 amide bonds. The summed E-state index contributed by atoms with van der Waals surface area (Å²) in [6.45, 7) is 5.90. The largest absolute Gasteiger partial charge is 0.344 e. The Morgan fingerprint density at radius 3 is 1.14 bits per heavy atom. The normalized spacial score (nSPS) is 8.57. The van der Waals surface area contributed by atoms with Gasteiger partial charge in [0, 0.05) is 5.54 Å². The number of halogens is 1. The van der Waals surface area contributed by atoms with Crippen LogP contribution < -0.4 is 11.9 Å². The SMILES string of the molecule is CC(C)(C)N.Cl.N. The van der Waals surface area contributed by atoms with Crippen LogP contribution in [0.2, 0.25) is 0 Å². The van der Waals surface area contributed by atoms with E-state index < -0.39 is 0 Å². The van der Waals surface area contributed by atoms with E-state index in [2.05, 4.69) is 0 Å². The van der Waals surface area contributed by atoms with Gasteiger partial charge in [0.15, 0.2) is 0 Å². The number of hydrogen-bond acceptors (Lipinski definition) is 2. The number of nitrogens with two attached hydrogens (primary N) is 1. The summed E-state index contributed by atoms with van der Waals surface area (Å²) < 4.78 is 0. The topological polar surface area (TPSA) is 61.0 Å². The second-order valence-corrected chi connectivity index (χ2v) is 2.37. The summed E-state index contributed by atoms with van der Waals surface area (Å²) in [5, 5.41) is 0. The fourth-order valence-corrected chi connectivity index (χ4v) is 0. The van der Waals surface area contributed by atoms with Gasteiger partial charge in [0.1, 0.15) is 0 Å². The van der Waals surface area contributed by atoms with Crippen molar-refractivity contribution in [3.05, 3.63) is 0 Å². The van der Waals surface area contributed by atoms with Gasteiger partial charge in [-0.15, -0.1) is 12.4 Å². The molecular weight excluding hydrogens is 112 g/mol. The van der Waals surface area contributed by atoms with Crippen molar-refractivity contribution in [3.8, 4) is 0 Å². The predicted molar refractivity (Wildman–Crippen MR) is 36.2 cm³/mol. The summed E-state index contributed by atoms with van der Waals surface area (Å²) >= 11 is 0. The minimum absolute atomic E-state index is 0. The first-order valence-electron chi connectivity index (χ1n) is 1.79. The van der Waals surface area contributed by atoms with Crippen molar-refractivity contribution < 1.29 is 0 Å². The molecular formula is C4H15ClN2. The van der Waals surface area contributed by atoms with Crippen molar-refractivity contribution in [2.45, 2.75) is 26.3 Å². The van der Waals surface area contributed by atoms with Gasteiger partial charge in [-0.2, -0.15) is 0 Å². The molecule has 7 heavy (non-hydrogen) atoms. The highest BCUT2D eigenvalue weighted by atomic mass is 35.5. The zero-order valence-corrected chi connectivity index (χ0v) is 6.01. The quantitative estimate of drug-likeness (QED) is 0.515. The van der Waals surface area contributed by atoms with E-state index in [0.29, 0.717) is 0 Å². The van der Waals surface area contributed by atoms with E-state index >= 15 is 0 Å². The first kappa shape index (κ1) is 15.7. The Morgan fingerprint density at radius 1 is 1.14 bits per heavy atom. The maximum absolute atomic E-state index is 5.35. The highest BCUT2D eigenvalue weighted by molar-refractivity contribution is 5.85. The van der Waals surface area contributed by atoms with Crippen molar-refractivity contribution in [3.63, 3.8) is 0 Å². The zero-order valence-electron chi connectivity index (χ0n) is 5.19. The minimum atomic E-state index is 0. The van der Waals surface area contributed by atoms with Gasteiger partial charge in [-0.3, -0.25) is 0 Å². The van der Waals surface area contributed by atoms with Crippen molar-refractivity contribution in [2.75, 3.05) is 0 Å². The summed E-state index contributed by atoms with van der Waals surface area (Å²) in [7, 11) is 0. The molecule has 0 bridgehead atoms. The second kappa shape index (κ2) is 4.37. The molecule has 0 spiro atoms. The molecule has 3 heteroatoms. The summed E-state index contributed by atoms with van der Waals surface area (Å²) in [5.41, 5.74) is 5.35. The molecule has 48 valence electrons. The Balaban J connectivity index is -0.0000000800. The molecule has 0 aromatic heterocycles. The monoisotopic (exact) mass is 126 g/mol. The van der Waals surface area contributed by atoms with Crippen LogP contribution in [0.5, 0.6) is 0 Å². The van der Waals surface area contributed by atoms with Gasteiger partial charge in [0.25, 0.3) is 0 Å². The van der Waals surface area contributed by atoms with Gasteiger partial charge in [-0.1, -0.05) is 0 Å². The fourth-order valence-electron chi connectivity index (χ4n) is 0. The number of hydrogen-bond donors (Lipinski definition) is 2. The third-order valence-electron chi connectivity index (χ3n) is 0. The lowest BCUT2D eigenvalue weighted by molar-refractivity contribution is 0.580. The molecule has 0 aliphatic heterocycles. The Kier molecular flexibility index (Phi) is 9.80. The van der Waals surface area contributed by atoms with Crippen LogP contribution in [-0.2, 0) is 0 Å². The molecule has 0 radical (unpaired) electrons. The third kappa shape index (κ3) is 2500. The molecule has 5 N–H and O–H groups in total. The first-order valence-corrected chi connectivity index (χ1v) is 1.79. The van der Waals surface area contributed by atoms with E-state index in [0.717, 1.165) is 0 Å². The molecule has 0 aromatic rings. The molecule has 0 atom stereocenters. The van der Waals surface area contributed by atoms with Gasteiger partial charge in [0.05, 0.1) is 0 Å². The van der Waals surface area contributed by atoms with E-state index in [-0.39, 0.29) is 24.1 Å². The standard InChI is InChI=1S/C4H11N.ClH.H3N/c1-4(2,3)5;;/h5H2,1-3H3;1H;1H3. The fraction of sp³-hybridized carbons (Fsp3) is 1.00. The summed E-state index contributed by atoms with van der Waals surface area (Å²) in [6.07, 6.45) is 0. The van der Waals surface area contributed by atoms with E-state index in [9.17, 15) is 0 Å². The number of rotatable bonds is 0. The average Bonchev–Trinajstić information content (AvgIpc) is 0.722. The van der Waals surface area contributed by atoms with Crippen LogP contribution >= 0.6 is 12.4 Å². The second-order valence-electron chi connectivity index (χ2n) is 2.37. The van der Waals surface area contributed by atoms with E-state index in [1.54, 1.807) is 0 Å². The molecule has 0 aliphatic carbocycles. The molecule has 0 fully saturated rings. The Hall–Kier alpha value is 0.210. The van der Waals surface area contributed by atoms with E-state index in [1.807, 2.05) is 20.8 Å². The molecule has 0 saturated carbocycles. The van der Waals surface area contributed by atoms with Gasteiger partial charge in [-0.05, 0) is 20.8 Å². The van der Waals surface area contributed by atoms with Crippen LogP contribution in [0.3, 0.4) is 0 Å². The maximum atomic E-state index is 5.35. The van der Waals surface area contributed by atoms with Crippen LogP contribution in [-0.4, -0.2) is 5.54 Å². The molecule has 0 rings (SSSR count). The van der Waals surface area contributed by atoms with Gasteiger partial charge in [-0.25, -0.2) is 0 Å². The van der Waals surface area contributed by atoms with E-state index in [4.69, 9.17) is 5.73 Å². The van der Waals surface area contributed by atoms with Gasteiger partial charge < -0.3 is 11.9 Å². The Morgan fingerprint density at radius 2 is 1.14 bits per heavy atom. The molecule has 0 aromatic carbocycles. The maximum Gasteiger partial charge on any atom is 0.00686 e. The first-order chi connectivity index (χ1) is 2.00. The third-order valence-corrected chi connectivity index (χ3v) is 0. The van der Waals surface area contributed by atoms with Crippen LogP contribution in [0, 0.1) is 0 Å². The molecule has 0 saturated heterocycles. The summed E-state index contributed by atoms with van der Waals surface area (Å²) in [4.78, 5) is 0. The van der Waals surface area contributed by atoms with E-state index in [1.165, 1.54) is 0 Å². The summed E-state index contributed by atoms with van der Waals surface area (Å²) in [6, 6.07) is 0. The molecule has 0 unspecified atom stereocenters. The van der Waals surface area contributed by atoms with Crippen LogP contribution in [0.15, 0.2) is 0 Å². The minimum Gasteiger partial charge on any atom is -0.344 e. The lowest BCUT2D eigenvalue weighted by Crippen LogP contribution is -2.26. The lowest BCUT2D eigenvalue weighted by atomic mass is 10.1. The van der Waals surface area contributed by atoms with Gasteiger partial charge in [0.2, 0.25) is 0 Å². The van der Waals surface area contributed by atoms with Crippen molar-refractivity contribution in [2.24, 2.45) is 5.73 Å². The Labute approximate surface area is 51.5 Å². The van der Waals surface area contributed by atoms with Crippen molar-refractivity contribution >= 4 is 12.4 Å². The van der Waals surface area contributed by atoms with Crippen molar-refractivity contribution in [1.82, 2.24) is 6.15 Å². The molecule has 2 nitrogen and oxygen atoms in total. The summed E-state index contributed by atoms with van der Waals surface area (Å²) in [5.74, 6) is 0. The average molecular weight is 127 g/mol. The highest BCUT2D eigenvalue weighted by Crippen LogP contribution is 1.88. The zero-order chi connectivity index (χ0) is 4.50. The lowest BCUT2D eigenvalue weighted by Gasteiger charge is -2.06. The molecule has 0 heterocycles. The van der Waals surface area contributed by atoms with Crippen LogP contribution in [0.25, 0.3) is 0 Å². The van der Waals surface area contributed by atoms with Crippen molar-refractivity contribution in [1.29, 1.82) is 0 Å². The predicted octanol–water partition coefficient (Wildman–Crippen LogP) is 1.33. The van der Waals surface area contributed by atoms with Crippen LogP contribution in [0.4, 0.5) is 0 Å². The Bertz CT molecular complexity index is 25.2. The highest BCUT2D eigenvalue weighted by Gasteiger charge is 1.95. The van der Waals surface area contributed by atoms with Crippen LogP contribution in [0.1, 0.15) is 20.8 Å². The smallest absolute Gasteiger partial charge is 0.00686 e.